The summed E-state index contributed by atoms with van der Waals surface area (Å²) in [6, 6.07) is 11.0. The second kappa shape index (κ2) is 12.7. The normalized spacial score (nSPS) is 14.3. The molecule has 1 aromatic carbocycles. The number of nitrogens with zero attached hydrogens (tertiary/aromatic N) is 5. The van der Waals surface area contributed by atoms with E-state index in [1.54, 1.807) is 0 Å². The molecule has 1 saturated heterocycles. The molecule has 1 N–H and O–H groups in total. The Balaban J connectivity index is 1.08. The van der Waals surface area contributed by atoms with Gasteiger partial charge in [0.15, 0.2) is 11.6 Å². The molecule has 1 aliphatic heterocycles. The Bertz CT molecular complexity index is 1400. The molecule has 11 heteroatoms. The maximum Gasteiger partial charge on any atom is 0.273 e. The predicted octanol–water partition coefficient (Wildman–Crippen LogP) is 3.37. The van der Waals surface area contributed by atoms with Crippen molar-refractivity contribution in [3.63, 3.8) is 0 Å². The Morgan fingerprint density at radius 3 is 2.87 bits per heavy atom. The molecule has 0 unspecified atom stereocenters. The lowest BCUT2D eigenvalue weighted by Gasteiger charge is -2.37. The number of ether oxygens (including phenoxy) is 1. The number of hydrogen-bond donors (Lipinski definition) is 1. The van der Waals surface area contributed by atoms with Crippen LogP contribution < -0.4 is 5.32 Å². The number of para-hydroxylation sites is 2. The van der Waals surface area contributed by atoms with Gasteiger partial charge in [-0.25, -0.2) is 14.4 Å². The van der Waals surface area contributed by atoms with Crippen LogP contribution in [-0.2, 0) is 35.3 Å². The predicted molar refractivity (Wildman–Crippen MR) is 149 cm³/mol. The van der Waals surface area contributed by atoms with Crippen molar-refractivity contribution in [2.75, 3.05) is 44.5 Å². The van der Waals surface area contributed by atoms with Crippen molar-refractivity contribution >= 4 is 27.8 Å². The molecule has 0 radical (unpaired) electrons. The van der Waals surface area contributed by atoms with Crippen LogP contribution in [0.1, 0.15) is 40.2 Å². The molecule has 1 aliphatic rings. The van der Waals surface area contributed by atoms with Crippen LogP contribution in [0.2, 0.25) is 0 Å². The SMILES string of the molecule is C[S+](C)CCOCn1c(CCCN2CC(c3nc(C(=O)NCc4ncccc4F)co3)C2)nc2ccccc21. The van der Waals surface area contributed by atoms with Gasteiger partial charge in [0.1, 0.15) is 30.4 Å². The van der Waals surface area contributed by atoms with E-state index >= 15 is 0 Å². The summed E-state index contributed by atoms with van der Waals surface area (Å²) in [5, 5.41) is 2.64. The first kappa shape index (κ1) is 27.3. The zero-order valence-electron chi connectivity index (χ0n) is 22.3. The van der Waals surface area contributed by atoms with Gasteiger partial charge in [-0.3, -0.25) is 9.78 Å². The van der Waals surface area contributed by atoms with Gasteiger partial charge < -0.3 is 23.9 Å². The topological polar surface area (TPSA) is 98.3 Å². The van der Waals surface area contributed by atoms with E-state index in [9.17, 15) is 9.18 Å². The molecule has 0 atom stereocenters. The lowest BCUT2D eigenvalue weighted by Crippen LogP contribution is -2.45. The third-order valence-corrected chi connectivity index (χ3v) is 7.76. The molecule has 206 valence electrons. The highest BCUT2D eigenvalue weighted by Crippen LogP contribution is 2.27. The molecule has 1 fully saturated rings. The number of pyridine rings is 1. The first-order valence-electron chi connectivity index (χ1n) is 13.1. The quantitative estimate of drug-likeness (QED) is 0.200. The summed E-state index contributed by atoms with van der Waals surface area (Å²) in [4.78, 5) is 27.9. The molecule has 0 bridgehead atoms. The van der Waals surface area contributed by atoms with Crippen LogP contribution in [-0.4, -0.2) is 74.8 Å². The van der Waals surface area contributed by atoms with Crippen LogP contribution in [0.15, 0.2) is 53.3 Å². The number of carbonyl (C=O) groups excluding carboxylic acids is 1. The van der Waals surface area contributed by atoms with E-state index in [2.05, 4.69) is 43.3 Å². The molecule has 0 aliphatic carbocycles. The van der Waals surface area contributed by atoms with Crippen molar-refractivity contribution in [3.05, 3.63) is 77.8 Å². The summed E-state index contributed by atoms with van der Waals surface area (Å²) in [7, 11) is 0.370. The average molecular weight is 554 g/mol. The number of fused-ring (bicyclic) bond motifs is 1. The summed E-state index contributed by atoms with van der Waals surface area (Å²) < 4.78 is 27.5. The lowest BCUT2D eigenvalue weighted by molar-refractivity contribution is 0.0898. The molecule has 5 rings (SSSR count). The number of nitrogens with one attached hydrogen (secondary N) is 1. The first-order chi connectivity index (χ1) is 19.0. The van der Waals surface area contributed by atoms with E-state index in [1.807, 2.05) is 18.2 Å². The minimum Gasteiger partial charge on any atom is -0.448 e. The summed E-state index contributed by atoms with van der Waals surface area (Å²) in [6.45, 7) is 3.87. The highest BCUT2D eigenvalue weighted by molar-refractivity contribution is 7.95. The fourth-order valence-electron chi connectivity index (χ4n) is 4.59. The van der Waals surface area contributed by atoms with Crippen LogP contribution in [0.25, 0.3) is 11.0 Å². The standard InChI is InChI=1S/C28H33FN6O3S/c1-39(2)14-13-37-19-35-25-9-4-3-8-22(25)32-26(35)10-6-12-34-16-20(17-34)28-33-24(18-38-28)27(36)31-15-23-21(29)7-5-11-30-23/h3-5,7-9,11,18,20H,6,10,12-17,19H2,1-2H3/p+1. The number of aromatic nitrogens is 4. The second-order valence-corrected chi connectivity index (χ2v) is 12.3. The highest BCUT2D eigenvalue weighted by Gasteiger charge is 2.32. The van der Waals surface area contributed by atoms with E-state index in [1.165, 1.54) is 24.6 Å². The van der Waals surface area contributed by atoms with Crippen LogP contribution >= 0.6 is 0 Å². The number of hydrogen-bond acceptors (Lipinski definition) is 7. The minimum absolute atomic E-state index is 0.0108. The average Bonchev–Trinajstić information content (AvgIpc) is 3.52. The van der Waals surface area contributed by atoms with Gasteiger partial charge in [0.05, 0.1) is 48.3 Å². The van der Waals surface area contributed by atoms with Crippen molar-refractivity contribution in [1.29, 1.82) is 0 Å². The molecule has 39 heavy (non-hydrogen) atoms. The van der Waals surface area contributed by atoms with E-state index in [0.717, 1.165) is 61.7 Å². The van der Waals surface area contributed by atoms with Gasteiger partial charge in [0, 0.05) is 25.7 Å². The van der Waals surface area contributed by atoms with Gasteiger partial charge in [-0.1, -0.05) is 12.1 Å². The number of rotatable bonds is 13. The molecule has 0 spiro atoms. The number of imidazole rings is 1. The number of carbonyl (C=O) groups is 1. The molecule has 1 amide bonds. The molecule has 4 heterocycles. The smallest absolute Gasteiger partial charge is 0.273 e. The molecular formula is C28H34FN6O3S+. The molecular weight excluding hydrogens is 519 g/mol. The van der Waals surface area contributed by atoms with Crippen LogP contribution in [0.4, 0.5) is 4.39 Å². The van der Waals surface area contributed by atoms with Crippen LogP contribution in [0.3, 0.4) is 0 Å². The molecule has 0 saturated carbocycles. The van der Waals surface area contributed by atoms with Crippen molar-refractivity contribution in [2.45, 2.75) is 32.0 Å². The molecule has 9 nitrogen and oxygen atoms in total. The summed E-state index contributed by atoms with van der Waals surface area (Å²) in [5.41, 5.74) is 2.48. The maximum absolute atomic E-state index is 13.7. The van der Waals surface area contributed by atoms with Crippen molar-refractivity contribution in [1.82, 2.24) is 29.7 Å². The number of benzene rings is 1. The van der Waals surface area contributed by atoms with Gasteiger partial charge >= 0.3 is 0 Å². The number of amides is 1. The van der Waals surface area contributed by atoms with Crippen molar-refractivity contribution in [3.8, 4) is 0 Å². The fraction of sp³-hybridized carbons (Fsp3) is 0.429. The highest BCUT2D eigenvalue weighted by atomic mass is 32.2. The number of halogens is 1. The van der Waals surface area contributed by atoms with E-state index in [4.69, 9.17) is 14.1 Å². The van der Waals surface area contributed by atoms with Crippen molar-refractivity contribution in [2.24, 2.45) is 0 Å². The van der Waals surface area contributed by atoms with E-state index in [0.29, 0.717) is 23.5 Å². The van der Waals surface area contributed by atoms with Gasteiger partial charge in [0.2, 0.25) is 0 Å². The number of likely N-dealkylation sites (tertiary alicyclic amines) is 1. The summed E-state index contributed by atoms with van der Waals surface area (Å²) in [6.07, 6.45) is 9.15. The minimum atomic E-state index is -0.458. The molecule has 4 aromatic rings. The summed E-state index contributed by atoms with van der Waals surface area (Å²) >= 11 is 0. The van der Waals surface area contributed by atoms with Gasteiger partial charge in [0.25, 0.3) is 5.91 Å². The largest absolute Gasteiger partial charge is 0.448 e. The monoisotopic (exact) mass is 553 g/mol. The zero-order chi connectivity index (χ0) is 27.2. The van der Waals surface area contributed by atoms with Crippen LogP contribution in [0, 0.1) is 5.82 Å². The Morgan fingerprint density at radius 1 is 1.21 bits per heavy atom. The van der Waals surface area contributed by atoms with E-state index < -0.39 is 11.7 Å². The van der Waals surface area contributed by atoms with Crippen LogP contribution in [0.5, 0.6) is 0 Å². The first-order valence-corrected chi connectivity index (χ1v) is 15.3. The van der Waals surface area contributed by atoms with Gasteiger partial charge in [-0.15, -0.1) is 0 Å². The third-order valence-electron chi connectivity index (χ3n) is 6.78. The van der Waals surface area contributed by atoms with Gasteiger partial charge in [-0.05, 0) is 48.1 Å². The Labute approximate surface area is 230 Å². The maximum atomic E-state index is 13.7. The third kappa shape index (κ3) is 6.84. The Kier molecular flexibility index (Phi) is 8.90. The van der Waals surface area contributed by atoms with Crippen molar-refractivity contribution < 1.29 is 18.3 Å². The number of aryl methyl sites for hydroxylation is 1. The Morgan fingerprint density at radius 2 is 2.05 bits per heavy atom. The Hall–Kier alpha value is -3.28. The lowest BCUT2D eigenvalue weighted by atomic mass is 10.00. The fourth-order valence-corrected chi connectivity index (χ4v) is 5.04. The molecule has 3 aromatic heterocycles. The summed E-state index contributed by atoms with van der Waals surface area (Å²) in [5.74, 6) is 1.96. The van der Waals surface area contributed by atoms with Gasteiger partial charge in [-0.2, -0.15) is 0 Å². The zero-order valence-corrected chi connectivity index (χ0v) is 23.1. The number of oxazole rings is 1. The second-order valence-electron chi connectivity index (χ2n) is 9.92. The van der Waals surface area contributed by atoms with E-state index in [-0.39, 0.29) is 23.9 Å².